The molecule has 0 amide bonds. The van der Waals surface area contributed by atoms with Crippen molar-refractivity contribution in [2.24, 2.45) is 5.92 Å². The number of aromatic hydroxyl groups is 1. The number of hydrogen-bond acceptors (Lipinski definition) is 5. The molecule has 0 fully saturated rings. The molecule has 0 spiro atoms. The van der Waals surface area contributed by atoms with Gasteiger partial charge in [-0.25, -0.2) is 0 Å². The van der Waals surface area contributed by atoms with Crippen molar-refractivity contribution < 1.29 is 14.6 Å². The summed E-state index contributed by atoms with van der Waals surface area (Å²) in [6.45, 7) is 6.47. The molecule has 0 saturated heterocycles. The Hall–Kier alpha value is -2.73. The lowest BCUT2D eigenvalue weighted by Gasteiger charge is -2.23. The van der Waals surface area contributed by atoms with Crippen LogP contribution in [0.15, 0.2) is 36.4 Å². The molecule has 142 valence electrons. The molecule has 0 radical (unpaired) electrons. The minimum absolute atomic E-state index is 0.154. The van der Waals surface area contributed by atoms with Gasteiger partial charge in [0.2, 0.25) is 0 Å². The SMILES string of the molecule is COCC(C=O)Cc1cc(-n2nc3ccccc3n2)c(O)c(C(C)(C)C)c1. The molecule has 1 unspecified atom stereocenters. The Bertz CT molecular complexity index is 924. The van der Waals surface area contributed by atoms with E-state index in [9.17, 15) is 9.90 Å². The van der Waals surface area contributed by atoms with Crippen LogP contribution in [0.2, 0.25) is 0 Å². The van der Waals surface area contributed by atoms with E-state index in [4.69, 9.17) is 4.74 Å². The summed E-state index contributed by atoms with van der Waals surface area (Å²) in [6, 6.07) is 11.4. The van der Waals surface area contributed by atoms with Crippen LogP contribution in [0.4, 0.5) is 0 Å². The van der Waals surface area contributed by atoms with Crippen LogP contribution >= 0.6 is 0 Å². The molecule has 0 saturated carbocycles. The molecular weight excluding hydrogens is 342 g/mol. The van der Waals surface area contributed by atoms with Crippen LogP contribution in [0.3, 0.4) is 0 Å². The third kappa shape index (κ3) is 4.01. The van der Waals surface area contributed by atoms with Crippen molar-refractivity contribution in [1.82, 2.24) is 15.0 Å². The molecule has 1 atom stereocenters. The first kappa shape index (κ1) is 19.0. The number of benzene rings is 2. The lowest BCUT2D eigenvalue weighted by molar-refractivity contribution is -0.112. The smallest absolute Gasteiger partial charge is 0.146 e. The van der Waals surface area contributed by atoms with Crippen LogP contribution in [0.1, 0.15) is 31.9 Å². The number of phenols is 1. The maximum Gasteiger partial charge on any atom is 0.146 e. The highest BCUT2D eigenvalue weighted by atomic mass is 16.5. The number of carbonyl (C=O) groups is 1. The number of ether oxygens (including phenoxy) is 1. The highest BCUT2D eigenvalue weighted by molar-refractivity contribution is 5.73. The van der Waals surface area contributed by atoms with Gasteiger partial charge < -0.3 is 14.6 Å². The number of hydrogen-bond donors (Lipinski definition) is 1. The number of fused-ring (bicyclic) bond motifs is 1. The Balaban J connectivity index is 2.13. The van der Waals surface area contributed by atoms with Crippen LogP contribution in [-0.2, 0) is 21.4 Å². The standard InChI is InChI=1S/C21H25N3O3/c1-21(2,3)16-10-14(9-15(12-25)13-27-4)11-19(20(16)26)24-22-17-7-5-6-8-18(17)23-24/h5-8,10-12,15,26H,9,13H2,1-4H3. The fourth-order valence-electron chi connectivity index (χ4n) is 3.15. The molecule has 3 rings (SSSR count). The third-order valence-corrected chi connectivity index (χ3v) is 4.53. The quantitative estimate of drug-likeness (QED) is 0.676. The van der Waals surface area contributed by atoms with Gasteiger partial charge in [-0.1, -0.05) is 39.0 Å². The third-order valence-electron chi connectivity index (χ3n) is 4.53. The van der Waals surface area contributed by atoms with Crippen LogP contribution in [0.5, 0.6) is 5.75 Å². The number of carbonyl (C=O) groups excluding carboxylic acids is 1. The van der Waals surface area contributed by atoms with Crippen LogP contribution in [-0.4, -0.2) is 40.1 Å². The molecule has 27 heavy (non-hydrogen) atoms. The first-order valence-corrected chi connectivity index (χ1v) is 8.96. The minimum atomic E-state index is -0.278. The normalized spacial score (nSPS) is 13.0. The van der Waals surface area contributed by atoms with Crippen molar-refractivity contribution in [2.75, 3.05) is 13.7 Å². The second-order valence-corrected chi connectivity index (χ2v) is 7.79. The van der Waals surface area contributed by atoms with Crippen molar-refractivity contribution in [1.29, 1.82) is 0 Å². The molecule has 6 nitrogen and oxygen atoms in total. The minimum Gasteiger partial charge on any atom is -0.505 e. The van der Waals surface area contributed by atoms with E-state index in [1.54, 1.807) is 7.11 Å². The van der Waals surface area contributed by atoms with Crippen molar-refractivity contribution in [3.8, 4) is 11.4 Å². The summed E-state index contributed by atoms with van der Waals surface area (Å²) in [6.07, 6.45) is 1.43. The van der Waals surface area contributed by atoms with Gasteiger partial charge in [0.15, 0.2) is 0 Å². The number of aromatic nitrogens is 3. The lowest BCUT2D eigenvalue weighted by atomic mass is 9.84. The zero-order chi connectivity index (χ0) is 19.6. The van der Waals surface area contributed by atoms with Gasteiger partial charge in [-0.2, -0.15) is 0 Å². The molecule has 2 aromatic carbocycles. The first-order chi connectivity index (χ1) is 12.8. The Morgan fingerprint density at radius 1 is 1.19 bits per heavy atom. The van der Waals surface area contributed by atoms with Crippen molar-refractivity contribution >= 4 is 17.3 Å². The highest BCUT2D eigenvalue weighted by Gasteiger charge is 2.24. The summed E-state index contributed by atoms with van der Waals surface area (Å²) < 4.78 is 5.13. The number of phenolic OH excluding ortho intramolecular Hbond substituents is 1. The fourth-order valence-corrected chi connectivity index (χ4v) is 3.15. The van der Waals surface area contributed by atoms with Gasteiger partial charge >= 0.3 is 0 Å². The summed E-state index contributed by atoms with van der Waals surface area (Å²) in [7, 11) is 1.58. The molecule has 1 heterocycles. The van der Waals surface area contributed by atoms with E-state index in [1.165, 1.54) is 4.80 Å². The van der Waals surface area contributed by atoms with E-state index < -0.39 is 0 Å². The molecule has 0 aliphatic rings. The van der Waals surface area contributed by atoms with Gasteiger partial charge in [0.1, 0.15) is 28.8 Å². The molecule has 0 bridgehead atoms. The molecule has 6 heteroatoms. The number of aldehydes is 1. The summed E-state index contributed by atoms with van der Waals surface area (Å²) >= 11 is 0. The number of nitrogens with zero attached hydrogens (tertiary/aromatic N) is 3. The summed E-state index contributed by atoms with van der Waals surface area (Å²) in [5.41, 5.74) is 3.46. The van der Waals surface area contributed by atoms with Crippen LogP contribution in [0, 0.1) is 5.92 Å². The van der Waals surface area contributed by atoms with E-state index in [0.29, 0.717) is 18.7 Å². The second-order valence-electron chi connectivity index (χ2n) is 7.79. The Kier molecular flexibility index (Phi) is 5.28. The van der Waals surface area contributed by atoms with Gasteiger partial charge in [0, 0.05) is 18.6 Å². The van der Waals surface area contributed by atoms with Crippen LogP contribution in [0.25, 0.3) is 16.7 Å². The predicted octanol–water partition coefficient (Wildman–Crippen LogP) is 3.43. The number of rotatable bonds is 6. The van der Waals surface area contributed by atoms with Gasteiger partial charge in [0.25, 0.3) is 0 Å². The van der Waals surface area contributed by atoms with Gasteiger partial charge in [-0.15, -0.1) is 15.0 Å². The van der Waals surface area contributed by atoms with E-state index in [-0.39, 0.29) is 17.1 Å². The Morgan fingerprint density at radius 3 is 2.33 bits per heavy atom. The largest absolute Gasteiger partial charge is 0.505 e. The van der Waals surface area contributed by atoms with E-state index >= 15 is 0 Å². The van der Waals surface area contributed by atoms with Gasteiger partial charge in [-0.3, -0.25) is 0 Å². The lowest BCUT2D eigenvalue weighted by Crippen LogP contribution is -2.17. The van der Waals surface area contributed by atoms with E-state index in [2.05, 4.69) is 10.2 Å². The molecule has 0 aliphatic heterocycles. The number of methoxy groups -OCH3 is 1. The Labute approximate surface area is 158 Å². The maximum absolute atomic E-state index is 11.4. The van der Waals surface area contributed by atoms with Crippen LogP contribution < -0.4 is 0 Å². The van der Waals surface area contributed by atoms with E-state index in [1.807, 2.05) is 57.2 Å². The van der Waals surface area contributed by atoms with Crippen molar-refractivity contribution in [2.45, 2.75) is 32.6 Å². The molecule has 1 aromatic heterocycles. The zero-order valence-corrected chi connectivity index (χ0v) is 16.1. The molecular formula is C21H25N3O3. The van der Waals surface area contributed by atoms with Crippen molar-refractivity contribution in [3.05, 3.63) is 47.5 Å². The maximum atomic E-state index is 11.4. The first-order valence-electron chi connectivity index (χ1n) is 8.96. The average Bonchev–Trinajstić information content (AvgIpc) is 3.05. The topological polar surface area (TPSA) is 77.2 Å². The predicted molar refractivity (Wildman–Crippen MR) is 104 cm³/mol. The van der Waals surface area contributed by atoms with Crippen molar-refractivity contribution in [3.63, 3.8) is 0 Å². The highest BCUT2D eigenvalue weighted by Crippen LogP contribution is 2.36. The Morgan fingerprint density at radius 2 is 1.81 bits per heavy atom. The summed E-state index contributed by atoms with van der Waals surface area (Å²) in [5, 5.41) is 19.9. The summed E-state index contributed by atoms with van der Waals surface area (Å²) in [5.74, 6) is -0.0918. The molecule has 3 aromatic rings. The molecule has 0 aliphatic carbocycles. The van der Waals surface area contributed by atoms with Gasteiger partial charge in [0.05, 0.1) is 6.61 Å². The second kappa shape index (κ2) is 7.48. The zero-order valence-electron chi connectivity index (χ0n) is 16.1. The summed E-state index contributed by atoms with van der Waals surface area (Å²) in [4.78, 5) is 12.8. The monoisotopic (exact) mass is 367 g/mol. The fraction of sp³-hybridized carbons (Fsp3) is 0.381. The average molecular weight is 367 g/mol. The van der Waals surface area contributed by atoms with Gasteiger partial charge in [-0.05, 0) is 35.6 Å². The molecule has 1 N–H and O–H groups in total. The van der Waals surface area contributed by atoms with E-state index in [0.717, 1.165) is 28.4 Å².